The van der Waals surface area contributed by atoms with Crippen LogP contribution in [-0.4, -0.2) is 23.9 Å². The van der Waals surface area contributed by atoms with Gasteiger partial charge in [0.2, 0.25) is 0 Å². The molecule has 0 aliphatic carbocycles. The topological polar surface area (TPSA) is 72.6 Å². The van der Waals surface area contributed by atoms with Gasteiger partial charge in [0.25, 0.3) is 0 Å². The molecule has 126 valence electrons. The van der Waals surface area contributed by atoms with Crippen LogP contribution in [0.2, 0.25) is 5.02 Å². The van der Waals surface area contributed by atoms with Gasteiger partial charge in [-0.3, -0.25) is 0 Å². The van der Waals surface area contributed by atoms with Crippen LogP contribution < -0.4 is 5.73 Å². The zero-order valence-corrected chi connectivity index (χ0v) is 15.5. The van der Waals surface area contributed by atoms with Gasteiger partial charge >= 0.3 is 8.03 Å². The van der Waals surface area contributed by atoms with Gasteiger partial charge < -0.3 is 10.8 Å². The fourth-order valence-corrected chi connectivity index (χ4v) is 3.00. The van der Waals surface area contributed by atoms with Crippen LogP contribution in [0.3, 0.4) is 0 Å². The summed E-state index contributed by atoms with van der Waals surface area (Å²) in [4.78, 5) is 0. The van der Waals surface area contributed by atoms with E-state index in [0.29, 0.717) is 23.2 Å². The molecule has 22 heavy (non-hydrogen) atoms. The number of rotatable bonds is 9. The van der Waals surface area contributed by atoms with E-state index in [4.69, 9.17) is 21.9 Å². The standard InChI is InChI=1S/C15H24ClNO3P.ClH/c1-3-5-14(20-21(19)4-2)10-15(18,11-17)12-6-8-13(16)9-7-12;/h6-9,14,18H,3-5,10-11,17H2,1-2H3;1H/q+1;. The highest BCUT2D eigenvalue weighted by Gasteiger charge is 2.34. The number of hydrogen-bond acceptors (Lipinski definition) is 4. The zero-order chi connectivity index (χ0) is 15.9. The lowest BCUT2D eigenvalue weighted by molar-refractivity contribution is -0.00108. The molecule has 0 amide bonds. The van der Waals surface area contributed by atoms with Gasteiger partial charge in [-0.1, -0.05) is 37.1 Å². The highest BCUT2D eigenvalue weighted by molar-refractivity contribution is 7.39. The first-order valence-electron chi connectivity index (χ1n) is 7.25. The predicted octanol–water partition coefficient (Wildman–Crippen LogP) is 4.25. The van der Waals surface area contributed by atoms with E-state index >= 15 is 0 Å². The summed E-state index contributed by atoms with van der Waals surface area (Å²) in [5, 5.41) is 11.4. The molecule has 0 fully saturated rings. The third-order valence-corrected chi connectivity index (χ3v) is 4.72. The van der Waals surface area contributed by atoms with Crippen molar-refractivity contribution >= 4 is 32.0 Å². The van der Waals surface area contributed by atoms with E-state index in [1.54, 1.807) is 24.3 Å². The molecule has 0 bridgehead atoms. The number of nitrogens with two attached hydrogens (primary N) is 1. The molecular weight excluding hydrogens is 344 g/mol. The van der Waals surface area contributed by atoms with Crippen molar-refractivity contribution in [2.45, 2.75) is 44.8 Å². The highest BCUT2D eigenvalue weighted by atomic mass is 35.5. The maximum atomic E-state index is 11.6. The Morgan fingerprint density at radius 2 is 1.95 bits per heavy atom. The second kappa shape index (κ2) is 10.5. The Labute approximate surface area is 144 Å². The first-order valence-corrected chi connectivity index (χ1v) is 8.99. The lowest BCUT2D eigenvalue weighted by Crippen LogP contribution is -2.38. The number of benzene rings is 1. The molecule has 0 heterocycles. The third-order valence-electron chi connectivity index (χ3n) is 3.42. The molecule has 0 spiro atoms. The van der Waals surface area contributed by atoms with Crippen molar-refractivity contribution in [2.75, 3.05) is 12.7 Å². The molecular formula is C15H25Cl2NO3P+. The second-order valence-corrected chi connectivity index (χ2v) is 7.06. The van der Waals surface area contributed by atoms with Gasteiger partial charge in [-0.15, -0.1) is 16.9 Å². The van der Waals surface area contributed by atoms with E-state index in [2.05, 4.69) is 0 Å². The lowest BCUT2D eigenvalue weighted by Gasteiger charge is -2.29. The number of halogens is 2. The van der Waals surface area contributed by atoms with Gasteiger partial charge in [0.05, 0.1) is 0 Å². The zero-order valence-electron chi connectivity index (χ0n) is 13.0. The second-order valence-electron chi connectivity index (χ2n) is 5.11. The molecule has 1 aromatic rings. The Balaban J connectivity index is 0.00000441. The Morgan fingerprint density at radius 3 is 2.41 bits per heavy atom. The summed E-state index contributed by atoms with van der Waals surface area (Å²) in [5.74, 6) is 0. The van der Waals surface area contributed by atoms with Gasteiger partial charge in [-0.25, -0.2) is 0 Å². The van der Waals surface area contributed by atoms with E-state index in [-0.39, 0.29) is 25.1 Å². The Hall–Kier alpha value is -0.220. The van der Waals surface area contributed by atoms with Crippen molar-refractivity contribution in [3.8, 4) is 0 Å². The van der Waals surface area contributed by atoms with E-state index in [1.807, 2.05) is 13.8 Å². The van der Waals surface area contributed by atoms with Crippen LogP contribution in [0.5, 0.6) is 0 Å². The Bertz CT molecular complexity index is 459. The van der Waals surface area contributed by atoms with Crippen LogP contribution in [-0.2, 0) is 14.7 Å². The van der Waals surface area contributed by atoms with Crippen LogP contribution >= 0.6 is 32.0 Å². The highest BCUT2D eigenvalue weighted by Crippen LogP contribution is 2.33. The molecule has 3 atom stereocenters. The van der Waals surface area contributed by atoms with Crippen LogP contribution in [0.1, 0.15) is 38.7 Å². The van der Waals surface area contributed by atoms with E-state index in [1.165, 1.54) is 0 Å². The largest absolute Gasteiger partial charge is 0.508 e. The molecule has 0 saturated carbocycles. The van der Waals surface area contributed by atoms with E-state index in [0.717, 1.165) is 12.8 Å². The summed E-state index contributed by atoms with van der Waals surface area (Å²) >= 11 is 5.87. The van der Waals surface area contributed by atoms with Gasteiger partial charge in [-0.2, -0.15) is 0 Å². The quantitative estimate of drug-likeness (QED) is 0.639. The lowest BCUT2D eigenvalue weighted by atomic mass is 9.87. The fourth-order valence-electron chi connectivity index (χ4n) is 2.21. The smallest absolute Gasteiger partial charge is 0.384 e. The summed E-state index contributed by atoms with van der Waals surface area (Å²) < 4.78 is 17.2. The first-order chi connectivity index (χ1) is 9.95. The minimum Gasteiger partial charge on any atom is -0.384 e. The molecule has 0 aliphatic heterocycles. The number of aliphatic hydroxyl groups is 1. The summed E-state index contributed by atoms with van der Waals surface area (Å²) in [6.07, 6.45) is 2.13. The molecule has 1 rings (SSSR count). The molecule has 1 aromatic carbocycles. The monoisotopic (exact) mass is 368 g/mol. The average Bonchev–Trinajstić information content (AvgIpc) is 2.47. The van der Waals surface area contributed by atoms with Crippen LogP contribution in [0.4, 0.5) is 0 Å². The molecule has 3 unspecified atom stereocenters. The van der Waals surface area contributed by atoms with Crippen LogP contribution in [0.25, 0.3) is 0 Å². The molecule has 0 aromatic heterocycles. The van der Waals surface area contributed by atoms with Crippen molar-refractivity contribution in [1.82, 2.24) is 0 Å². The molecule has 3 N–H and O–H groups in total. The summed E-state index contributed by atoms with van der Waals surface area (Å²) in [6, 6.07) is 6.97. The minimum atomic E-state index is -1.68. The van der Waals surface area contributed by atoms with Gasteiger partial charge in [-0.05, 0) is 35.6 Å². The first kappa shape index (κ1) is 21.8. The summed E-state index contributed by atoms with van der Waals surface area (Å²) in [7, 11) is -1.68. The van der Waals surface area contributed by atoms with Gasteiger partial charge in [0, 0.05) is 18.0 Å². The van der Waals surface area contributed by atoms with Crippen molar-refractivity contribution < 1.29 is 14.2 Å². The molecule has 0 radical (unpaired) electrons. The van der Waals surface area contributed by atoms with E-state index in [9.17, 15) is 9.67 Å². The maximum Gasteiger partial charge on any atom is 0.508 e. The van der Waals surface area contributed by atoms with Gasteiger partial charge in [0.1, 0.15) is 11.7 Å². The maximum absolute atomic E-state index is 11.6. The number of hydrogen-bond donors (Lipinski definition) is 2. The molecule has 7 heteroatoms. The summed E-state index contributed by atoms with van der Waals surface area (Å²) in [5.41, 5.74) is 5.27. The van der Waals surface area contributed by atoms with Crippen molar-refractivity contribution in [2.24, 2.45) is 5.73 Å². The molecule has 4 nitrogen and oxygen atoms in total. The average molecular weight is 369 g/mol. The van der Waals surface area contributed by atoms with Gasteiger partial charge in [0.15, 0.2) is 6.16 Å². The third kappa shape index (κ3) is 6.49. The Kier molecular flexibility index (Phi) is 10.4. The predicted molar refractivity (Wildman–Crippen MR) is 94.2 cm³/mol. The fraction of sp³-hybridized carbons (Fsp3) is 0.600. The minimum absolute atomic E-state index is 0. The van der Waals surface area contributed by atoms with Crippen molar-refractivity contribution in [1.29, 1.82) is 0 Å². The Morgan fingerprint density at radius 1 is 1.36 bits per heavy atom. The SMILES string of the molecule is CCCC(CC(O)(CN)c1ccc(Cl)cc1)O[P+](=O)CC.Cl. The van der Waals surface area contributed by atoms with E-state index < -0.39 is 13.6 Å². The van der Waals surface area contributed by atoms with Crippen LogP contribution in [0, 0.1) is 0 Å². The molecule has 0 aliphatic rings. The van der Waals surface area contributed by atoms with Crippen molar-refractivity contribution in [3.63, 3.8) is 0 Å². The summed E-state index contributed by atoms with van der Waals surface area (Å²) in [6.45, 7) is 3.91. The van der Waals surface area contributed by atoms with Crippen LogP contribution in [0.15, 0.2) is 24.3 Å². The normalized spacial score (nSPS) is 15.6. The molecule has 0 saturated heterocycles. The van der Waals surface area contributed by atoms with Crippen molar-refractivity contribution in [3.05, 3.63) is 34.9 Å².